The number of para-hydroxylation sites is 2. The van der Waals surface area contributed by atoms with Gasteiger partial charge in [0.15, 0.2) is 0 Å². The van der Waals surface area contributed by atoms with Crippen molar-refractivity contribution in [1.29, 1.82) is 0 Å². The Morgan fingerprint density at radius 2 is 1.30 bits per heavy atom. The van der Waals surface area contributed by atoms with Crippen molar-refractivity contribution in [3.05, 3.63) is 229 Å². The van der Waals surface area contributed by atoms with Crippen molar-refractivity contribution in [1.82, 2.24) is 19.5 Å². The van der Waals surface area contributed by atoms with Gasteiger partial charge in [-0.1, -0.05) is 178 Å². The van der Waals surface area contributed by atoms with Crippen LogP contribution in [0.25, 0.3) is 100 Å². The number of imidazole rings is 1. The number of halogens is 1. The molecular formula is C66H55FIrN4OSi-2. The zero-order valence-corrected chi connectivity index (χ0v) is 45.6. The van der Waals surface area contributed by atoms with Crippen LogP contribution in [0.2, 0.25) is 19.6 Å². The van der Waals surface area contributed by atoms with E-state index < -0.39 is 19.9 Å². The molecule has 8 heteroatoms. The summed E-state index contributed by atoms with van der Waals surface area (Å²) in [6.07, 6.45) is 0.469. The Balaban J connectivity index is 0.000000231. The molecule has 74 heavy (non-hydrogen) atoms. The van der Waals surface area contributed by atoms with Crippen molar-refractivity contribution in [2.75, 3.05) is 0 Å². The number of hydrogen-bond acceptors (Lipinski definition) is 4. The van der Waals surface area contributed by atoms with Crippen LogP contribution >= 0.6 is 0 Å². The molecule has 5 nitrogen and oxygen atoms in total. The molecule has 0 bridgehead atoms. The van der Waals surface area contributed by atoms with Crippen molar-refractivity contribution in [3.8, 4) is 56.2 Å². The Labute approximate surface area is 450 Å². The molecule has 0 saturated carbocycles. The SMILES string of the molecule is Fc1ccc(-c2nc3oc4c(-c5nc6ccccc6n5Cc5c(-c6ccccc6)cccc5-c5ccccc5)[c-]ccc4c3c3ccccc23)cc1.[2H]C([2H])(c1cc(-c2[c-]cccc2)ncc1[Si](C)(C)C)C(C)(C)C.[Ir]. The van der Waals surface area contributed by atoms with Crippen LogP contribution in [0.3, 0.4) is 0 Å². The maximum atomic E-state index is 13.9. The zero-order chi connectivity index (χ0) is 52.1. The first-order valence-electron chi connectivity index (χ1n) is 25.7. The molecular weight excluding hydrogens is 1100 g/mol. The topological polar surface area (TPSA) is 56.7 Å². The fourth-order valence-corrected chi connectivity index (χ4v) is 11.2. The summed E-state index contributed by atoms with van der Waals surface area (Å²) in [4.78, 5) is 14.9. The number of rotatable bonds is 9. The van der Waals surface area contributed by atoms with E-state index in [1.807, 2.05) is 87.6 Å². The standard InChI is InChI=1S/C47H29FN3O.C19H26NSi.Ir/c48-33-27-25-32(26-28-33)44-37-18-8-7-17-36(37)43-38-21-12-22-39(45(38)52-47(43)50-44)46-49-41-23-9-10-24-42(41)51(46)29-40-34(30-13-3-1-4-14-30)19-11-20-35(40)31-15-5-2-6-16-31;1-19(2,3)13-16-12-17(15-10-8-7-9-11-15)20-14-18(16)21(4,5)6;/h1-21,23-28H,29H2;7-10,12,14H,13H2,1-6H3;/q2*-1;/i;13D2;. The van der Waals surface area contributed by atoms with Crippen LogP contribution < -0.4 is 5.19 Å². The summed E-state index contributed by atoms with van der Waals surface area (Å²) < 4.78 is 40.5. The maximum Gasteiger partial charge on any atom is 0.217 e. The number of furan rings is 1. The Bertz CT molecular complexity index is 3980. The van der Waals surface area contributed by atoms with Crippen LogP contribution in [0.15, 0.2) is 205 Å². The van der Waals surface area contributed by atoms with Gasteiger partial charge in [0.05, 0.1) is 36.2 Å². The second kappa shape index (κ2) is 20.7. The zero-order valence-electron chi connectivity index (χ0n) is 44.2. The number of aromatic nitrogens is 4. The third-order valence-corrected chi connectivity index (χ3v) is 15.2. The molecule has 0 aliphatic rings. The average Bonchev–Trinajstić information content (AvgIpc) is 4.03. The van der Waals surface area contributed by atoms with Gasteiger partial charge in [-0.2, -0.15) is 0 Å². The van der Waals surface area contributed by atoms with Crippen molar-refractivity contribution in [3.63, 3.8) is 0 Å². The third kappa shape index (κ3) is 10.1. The predicted molar refractivity (Wildman–Crippen MR) is 303 cm³/mol. The van der Waals surface area contributed by atoms with E-state index in [1.165, 1.54) is 28.8 Å². The molecule has 12 aromatic rings. The van der Waals surface area contributed by atoms with Crippen LogP contribution in [0.1, 0.15) is 34.6 Å². The first-order valence-corrected chi connectivity index (χ1v) is 28.2. The van der Waals surface area contributed by atoms with E-state index in [0.717, 1.165) is 88.4 Å². The first-order chi connectivity index (χ1) is 36.2. The van der Waals surface area contributed by atoms with Crippen molar-refractivity contribution in [2.24, 2.45) is 5.41 Å². The molecule has 0 aliphatic carbocycles. The molecule has 4 aromatic heterocycles. The predicted octanol–water partition coefficient (Wildman–Crippen LogP) is 16.8. The minimum atomic E-state index is -1.70. The monoisotopic (exact) mass is 1160 g/mol. The Kier molecular flexibility index (Phi) is 13.3. The van der Waals surface area contributed by atoms with E-state index in [0.29, 0.717) is 17.8 Å². The van der Waals surface area contributed by atoms with Gasteiger partial charge in [-0.05, 0) is 92.3 Å². The summed E-state index contributed by atoms with van der Waals surface area (Å²) in [6, 6.07) is 70.9. The quantitative estimate of drug-likeness (QED) is 0.107. The largest absolute Gasteiger partial charge is 0.486 e. The fraction of sp³-hybridized carbons (Fsp3) is 0.136. The average molecular weight is 1160 g/mol. The number of nitrogens with zero attached hydrogens (tertiary/aromatic N) is 4. The van der Waals surface area contributed by atoms with Crippen LogP contribution in [0.4, 0.5) is 4.39 Å². The minimum absolute atomic E-state index is 0. The van der Waals surface area contributed by atoms with E-state index >= 15 is 0 Å². The van der Waals surface area contributed by atoms with E-state index in [2.05, 4.69) is 151 Å². The normalized spacial score (nSPS) is 12.3. The summed E-state index contributed by atoms with van der Waals surface area (Å²) in [6.45, 7) is 13.1. The summed E-state index contributed by atoms with van der Waals surface area (Å²) in [5.41, 5.74) is 13.2. The van der Waals surface area contributed by atoms with Gasteiger partial charge in [0, 0.05) is 51.9 Å². The van der Waals surface area contributed by atoms with Gasteiger partial charge < -0.3 is 14.0 Å². The second-order valence-corrected chi connectivity index (χ2v) is 25.5. The summed E-state index contributed by atoms with van der Waals surface area (Å²) in [7, 11) is -1.70. The van der Waals surface area contributed by atoms with Gasteiger partial charge in [0.2, 0.25) is 5.71 Å². The molecule has 0 atom stereocenters. The van der Waals surface area contributed by atoms with Crippen molar-refractivity contribution < 1.29 is 31.7 Å². The van der Waals surface area contributed by atoms with Crippen LogP contribution in [-0.2, 0) is 33.0 Å². The first kappa shape index (κ1) is 47.4. The number of fused-ring (bicyclic) bond motifs is 6. The van der Waals surface area contributed by atoms with Crippen LogP contribution in [0.5, 0.6) is 0 Å². The molecule has 0 unspecified atom stereocenters. The van der Waals surface area contributed by atoms with E-state index in [1.54, 1.807) is 12.1 Å². The molecule has 8 aromatic carbocycles. The summed E-state index contributed by atoms with van der Waals surface area (Å²) in [5, 5.41) is 4.94. The molecule has 1 radical (unpaired) electrons. The van der Waals surface area contributed by atoms with E-state index in [9.17, 15) is 4.39 Å². The molecule has 0 aliphatic heterocycles. The molecule has 0 saturated heterocycles. The smallest absolute Gasteiger partial charge is 0.217 e. The van der Waals surface area contributed by atoms with Gasteiger partial charge in [-0.25, -0.2) is 9.37 Å². The van der Waals surface area contributed by atoms with E-state index in [4.69, 9.17) is 17.1 Å². The second-order valence-electron chi connectivity index (χ2n) is 20.5. The Hall–Kier alpha value is -7.61. The minimum Gasteiger partial charge on any atom is -0.486 e. The molecule has 0 N–H and O–H groups in total. The van der Waals surface area contributed by atoms with Gasteiger partial charge in [0.1, 0.15) is 5.82 Å². The molecule has 0 fully saturated rings. The molecule has 4 heterocycles. The molecule has 0 spiro atoms. The number of benzene rings is 8. The summed E-state index contributed by atoms with van der Waals surface area (Å²) >= 11 is 0. The van der Waals surface area contributed by atoms with Gasteiger partial charge in [-0.3, -0.25) is 4.98 Å². The Morgan fingerprint density at radius 3 is 1.96 bits per heavy atom. The molecule has 0 amide bonds. The van der Waals surface area contributed by atoms with Crippen molar-refractivity contribution >= 4 is 57.1 Å². The summed E-state index contributed by atoms with van der Waals surface area (Å²) in [5.74, 6) is 0.471. The number of hydrogen-bond donors (Lipinski definition) is 0. The van der Waals surface area contributed by atoms with E-state index in [-0.39, 0.29) is 25.9 Å². The number of pyridine rings is 2. The fourth-order valence-electron chi connectivity index (χ4n) is 9.83. The Morgan fingerprint density at radius 1 is 0.649 bits per heavy atom. The molecule has 367 valence electrons. The van der Waals surface area contributed by atoms with Crippen LogP contribution in [0, 0.1) is 23.4 Å². The van der Waals surface area contributed by atoms with Gasteiger partial charge >= 0.3 is 0 Å². The van der Waals surface area contributed by atoms with Crippen LogP contribution in [-0.4, -0.2) is 27.6 Å². The van der Waals surface area contributed by atoms with Gasteiger partial charge in [0.25, 0.3) is 0 Å². The third-order valence-electron chi connectivity index (χ3n) is 13.2. The molecule has 12 rings (SSSR count). The van der Waals surface area contributed by atoms with Crippen molar-refractivity contribution in [2.45, 2.75) is 53.3 Å². The maximum absolute atomic E-state index is 13.9. The van der Waals surface area contributed by atoms with Gasteiger partial charge in [-0.15, -0.1) is 54.1 Å².